The topological polar surface area (TPSA) is 51.5 Å². The first kappa shape index (κ1) is 21.8. The zero-order valence-electron chi connectivity index (χ0n) is 17.9. The Morgan fingerprint density at radius 3 is 2.74 bits per heavy atom. The van der Waals surface area contributed by atoms with E-state index in [1.165, 1.54) is 12.0 Å². The molecule has 2 aromatic carbocycles. The standard InChI is InChI=1S/C25H25Cl2NO3/c1-4-30-24-15(3)25-19(17-7-5-6-8-22(17)31-25)13-18(24)14(2)11-23(29)28-21-10-9-16(26)12-20(21)27/h9-13H,4-8H2,1-3H3,(H,28,29)/b14-11+. The highest BCUT2D eigenvalue weighted by Crippen LogP contribution is 2.41. The van der Waals surface area contributed by atoms with Crippen molar-refractivity contribution in [2.45, 2.75) is 46.5 Å². The highest BCUT2D eigenvalue weighted by molar-refractivity contribution is 6.36. The van der Waals surface area contributed by atoms with Gasteiger partial charge in [-0.15, -0.1) is 0 Å². The fraction of sp³-hybridized carbons (Fsp3) is 0.320. The van der Waals surface area contributed by atoms with Crippen LogP contribution in [-0.2, 0) is 17.6 Å². The van der Waals surface area contributed by atoms with Gasteiger partial charge in [-0.25, -0.2) is 0 Å². The highest BCUT2D eigenvalue weighted by Gasteiger charge is 2.23. The van der Waals surface area contributed by atoms with Gasteiger partial charge in [-0.2, -0.15) is 0 Å². The van der Waals surface area contributed by atoms with Crippen molar-refractivity contribution in [3.63, 3.8) is 0 Å². The van der Waals surface area contributed by atoms with Crippen LogP contribution >= 0.6 is 23.2 Å². The van der Waals surface area contributed by atoms with Crippen LogP contribution in [0.2, 0.25) is 10.0 Å². The summed E-state index contributed by atoms with van der Waals surface area (Å²) in [5.41, 5.74) is 5.38. The van der Waals surface area contributed by atoms with Gasteiger partial charge < -0.3 is 14.5 Å². The third-order valence-corrected chi connectivity index (χ3v) is 6.22. The number of aryl methyl sites for hydroxylation is 3. The molecule has 0 radical (unpaired) electrons. The van der Waals surface area contributed by atoms with Gasteiger partial charge >= 0.3 is 0 Å². The summed E-state index contributed by atoms with van der Waals surface area (Å²) in [5, 5.41) is 4.86. The average molecular weight is 458 g/mol. The molecule has 0 spiro atoms. The maximum absolute atomic E-state index is 12.7. The Bertz CT molecular complexity index is 1190. The summed E-state index contributed by atoms with van der Waals surface area (Å²) in [6.45, 7) is 6.42. The van der Waals surface area contributed by atoms with Gasteiger partial charge in [-0.3, -0.25) is 4.79 Å². The number of anilines is 1. The second kappa shape index (κ2) is 8.97. The number of allylic oxidation sites excluding steroid dienone is 1. The number of furan rings is 1. The molecule has 31 heavy (non-hydrogen) atoms. The minimum atomic E-state index is -0.267. The maximum Gasteiger partial charge on any atom is 0.248 e. The number of benzene rings is 2. The first-order valence-electron chi connectivity index (χ1n) is 10.5. The van der Waals surface area contributed by atoms with Crippen LogP contribution in [0.25, 0.3) is 16.5 Å². The molecule has 162 valence electrons. The minimum absolute atomic E-state index is 0.267. The number of ether oxygens (including phenoxy) is 1. The van der Waals surface area contributed by atoms with Crippen LogP contribution < -0.4 is 10.1 Å². The number of carbonyl (C=O) groups is 1. The van der Waals surface area contributed by atoms with Crippen molar-refractivity contribution in [3.05, 3.63) is 62.8 Å². The second-order valence-electron chi connectivity index (χ2n) is 7.84. The first-order chi connectivity index (χ1) is 14.9. The molecule has 1 N–H and O–H groups in total. The number of rotatable bonds is 5. The molecule has 4 nitrogen and oxygen atoms in total. The molecule has 3 aromatic rings. The van der Waals surface area contributed by atoms with Gasteiger partial charge in [0.1, 0.15) is 17.1 Å². The molecule has 1 aliphatic carbocycles. The summed E-state index contributed by atoms with van der Waals surface area (Å²) in [4.78, 5) is 12.7. The molecule has 0 saturated heterocycles. The molecular formula is C25H25Cl2NO3. The third kappa shape index (κ3) is 4.32. The van der Waals surface area contributed by atoms with E-state index in [2.05, 4.69) is 11.4 Å². The number of fused-ring (bicyclic) bond motifs is 3. The monoisotopic (exact) mass is 457 g/mol. The number of hydrogen-bond donors (Lipinski definition) is 1. The predicted molar refractivity (Wildman–Crippen MR) is 128 cm³/mol. The van der Waals surface area contributed by atoms with E-state index in [9.17, 15) is 4.79 Å². The van der Waals surface area contributed by atoms with Crippen LogP contribution in [0, 0.1) is 6.92 Å². The van der Waals surface area contributed by atoms with E-state index < -0.39 is 0 Å². The summed E-state index contributed by atoms with van der Waals surface area (Å²) in [7, 11) is 0. The molecule has 0 aliphatic heterocycles. The maximum atomic E-state index is 12.7. The number of amides is 1. The van der Waals surface area contributed by atoms with E-state index in [0.29, 0.717) is 22.3 Å². The lowest BCUT2D eigenvalue weighted by molar-refractivity contribution is -0.111. The lowest BCUT2D eigenvalue weighted by atomic mass is 9.93. The van der Waals surface area contributed by atoms with Crippen LogP contribution in [0.1, 0.15) is 49.1 Å². The van der Waals surface area contributed by atoms with Crippen molar-refractivity contribution < 1.29 is 13.9 Å². The molecule has 1 aliphatic rings. The minimum Gasteiger partial charge on any atom is -0.493 e. The number of nitrogens with one attached hydrogen (secondary N) is 1. The third-order valence-electron chi connectivity index (χ3n) is 5.68. The molecular weight excluding hydrogens is 433 g/mol. The Morgan fingerprint density at radius 2 is 2.00 bits per heavy atom. The average Bonchev–Trinajstić information content (AvgIpc) is 3.11. The van der Waals surface area contributed by atoms with Crippen molar-refractivity contribution in [2.24, 2.45) is 0 Å². The molecule has 4 rings (SSSR count). The zero-order chi connectivity index (χ0) is 22.1. The van der Waals surface area contributed by atoms with Gasteiger partial charge in [0.25, 0.3) is 0 Å². The van der Waals surface area contributed by atoms with E-state index >= 15 is 0 Å². The molecule has 1 aromatic heterocycles. The Labute approximate surface area is 192 Å². The first-order valence-corrected chi connectivity index (χ1v) is 11.3. The number of halogens is 2. The molecule has 0 bridgehead atoms. The normalized spacial score (nSPS) is 13.9. The Kier molecular flexibility index (Phi) is 6.31. The van der Waals surface area contributed by atoms with Gasteiger partial charge in [0.05, 0.1) is 17.3 Å². The van der Waals surface area contributed by atoms with Crippen LogP contribution in [0.4, 0.5) is 5.69 Å². The van der Waals surface area contributed by atoms with Gasteiger partial charge in [-0.1, -0.05) is 23.2 Å². The van der Waals surface area contributed by atoms with E-state index in [0.717, 1.165) is 58.4 Å². The summed E-state index contributed by atoms with van der Waals surface area (Å²) in [6, 6.07) is 7.08. The smallest absolute Gasteiger partial charge is 0.248 e. The lowest BCUT2D eigenvalue weighted by Gasteiger charge is -2.15. The lowest BCUT2D eigenvalue weighted by Crippen LogP contribution is -2.09. The van der Waals surface area contributed by atoms with Crippen LogP contribution in [0.15, 0.2) is 34.8 Å². The van der Waals surface area contributed by atoms with Crippen molar-refractivity contribution in [1.82, 2.24) is 0 Å². The molecule has 0 fully saturated rings. The van der Waals surface area contributed by atoms with E-state index in [1.54, 1.807) is 24.3 Å². The second-order valence-corrected chi connectivity index (χ2v) is 8.68. The Balaban J connectivity index is 1.74. The zero-order valence-corrected chi connectivity index (χ0v) is 19.4. The van der Waals surface area contributed by atoms with E-state index in [4.69, 9.17) is 32.4 Å². The van der Waals surface area contributed by atoms with E-state index in [-0.39, 0.29) is 5.91 Å². The van der Waals surface area contributed by atoms with E-state index in [1.807, 2.05) is 20.8 Å². The van der Waals surface area contributed by atoms with Gasteiger partial charge in [0.15, 0.2) is 0 Å². The molecule has 0 atom stereocenters. The Morgan fingerprint density at radius 1 is 1.23 bits per heavy atom. The summed E-state index contributed by atoms with van der Waals surface area (Å²) >= 11 is 12.1. The molecule has 1 heterocycles. The fourth-order valence-electron chi connectivity index (χ4n) is 4.19. The fourth-order valence-corrected chi connectivity index (χ4v) is 4.65. The van der Waals surface area contributed by atoms with Gasteiger partial charge in [0, 0.05) is 39.6 Å². The van der Waals surface area contributed by atoms with Crippen molar-refractivity contribution in [3.8, 4) is 5.75 Å². The van der Waals surface area contributed by atoms with Gasteiger partial charge in [-0.05, 0) is 69.9 Å². The number of carbonyl (C=O) groups excluding carboxylic acids is 1. The summed E-state index contributed by atoms with van der Waals surface area (Å²) in [5.74, 6) is 1.57. The van der Waals surface area contributed by atoms with Crippen LogP contribution in [0.5, 0.6) is 5.75 Å². The predicted octanol–water partition coefficient (Wildman–Crippen LogP) is 7.37. The van der Waals surface area contributed by atoms with Crippen LogP contribution in [0.3, 0.4) is 0 Å². The largest absolute Gasteiger partial charge is 0.493 e. The molecule has 6 heteroatoms. The van der Waals surface area contributed by atoms with Gasteiger partial charge in [0.2, 0.25) is 5.91 Å². The van der Waals surface area contributed by atoms with Crippen molar-refractivity contribution in [1.29, 1.82) is 0 Å². The van der Waals surface area contributed by atoms with Crippen molar-refractivity contribution in [2.75, 3.05) is 11.9 Å². The Hall–Kier alpha value is -2.43. The summed E-state index contributed by atoms with van der Waals surface area (Å²) < 4.78 is 12.2. The highest BCUT2D eigenvalue weighted by atomic mass is 35.5. The van der Waals surface area contributed by atoms with Crippen molar-refractivity contribution >= 4 is 51.3 Å². The molecule has 0 saturated carbocycles. The quantitative estimate of drug-likeness (QED) is 0.406. The molecule has 0 unspecified atom stereocenters. The molecule has 1 amide bonds. The number of hydrogen-bond acceptors (Lipinski definition) is 3. The van der Waals surface area contributed by atoms with Crippen LogP contribution in [-0.4, -0.2) is 12.5 Å². The summed E-state index contributed by atoms with van der Waals surface area (Å²) in [6.07, 6.45) is 5.89. The SMILES string of the molecule is CCOc1c(/C(C)=C/C(=O)Nc2ccc(Cl)cc2Cl)cc2c3c(oc2c1C)CCCC3.